The highest BCUT2D eigenvalue weighted by Gasteiger charge is 2.13. The van der Waals surface area contributed by atoms with E-state index in [4.69, 9.17) is 0 Å². The van der Waals surface area contributed by atoms with Gasteiger partial charge in [-0.15, -0.1) is 9.73 Å². The molecule has 122 valence electrons. The molecule has 24 heavy (non-hydrogen) atoms. The van der Waals surface area contributed by atoms with Gasteiger partial charge in [-0.25, -0.2) is 14.5 Å². The zero-order valence-corrected chi connectivity index (χ0v) is 14.0. The third kappa shape index (κ3) is 2.62. The van der Waals surface area contributed by atoms with Crippen molar-refractivity contribution in [2.45, 2.75) is 39.0 Å². The monoisotopic (exact) mass is 321 g/mol. The van der Waals surface area contributed by atoms with Gasteiger partial charge < -0.3 is 0 Å². The Morgan fingerprint density at radius 3 is 2.62 bits per heavy atom. The van der Waals surface area contributed by atoms with Crippen molar-refractivity contribution in [3.8, 4) is 0 Å². The molecule has 0 amide bonds. The second-order valence-corrected chi connectivity index (χ2v) is 6.44. The molecule has 0 saturated heterocycles. The number of nitrogens with zero attached hydrogens (tertiary/aromatic N) is 7. The number of hydrogen-bond donors (Lipinski definition) is 0. The van der Waals surface area contributed by atoms with Gasteiger partial charge in [-0.2, -0.15) is 10.2 Å². The van der Waals surface area contributed by atoms with E-state index >= 15 is 0 Å². The summed E-state index contributed by atoms with van der Waals surface area (Å²) in [4.78, 5) is 8.91. The van der Waals surface area contributed by atoms with Crippen LogP contribution in [0.2, 0.25) is 0 Å². The third-order valence-corrected chi connectivity index (χ3v) is 4.27. The molecule has 0 aliphatic carbocycles. The fourth-order valence-electron chi connectivity index (χ4n) is 2.73. The average molecular weight is 321 g/mol. The smallest absolute Gasteiger partial charge is 0.176 e. The highest BCUT2D eigenvalue weighted by atomic mass is 15.4. The molecule has 7 heteroatoms. The first kappa shape index (κ1) is 14.7. The van der Waals surface area contributed by atoms with E-state index in [2.05, 4.69) is 58.2 Å². The van der Waals surface area contributed by atoms with Crippen LogP contribution in [0.25, 0.3) is 11.3 Å². The van der Waals surface area contributed by atoms with Crippen LogP contribution in [-0.2, 0) is 6.42 Å². The first-order valence-electron chi connectivity index (χ1n) is 8.11. The Balaban J connectivity index is 1.60. The Morgan fingerprint density at radius 2 is 1.79 bits per heavy atom. The van der Waals surface area contributed by atoms with Crippen LogP contribution in [0.15, 0.2) is 36.9 Å². The lowest BCUT2D eigenvalue weighted by Crippen LogP contribution is -2.03. The summed E-state index contributed by atoms with van der Waals surface area (Å²) in [6, 6.07) is 4.11. The molecule has 0 aromatic carbocycles. The lowest BCUT2D eigenvalue weighted by atomic mass is 10.00. The van der Waals surface area contributed by atoms with Gasteiger partial charge in [-0.3, -0.25) is 0 Å². The highest BCUT2D eigenvalue weighted by molar-refractivity contribution is 5.41. The van der Waals surface area contributed by atoms with Gasteiger partial charge in [0.2, 0.25) is 0 Å². The summed E-state index contributed by atoms with van der Waals surface area (Å²) in [7, 11) is 0. The minimum Gasteiger partial charge on any atom is -0.236 e. The zero-order valence-electron chi connectivity index (χ0n) is 14.0. The van der Waals surface area contributed by atoms with Gasteiger partial charge >= 0.3 is 0 Å². The maximum atomic E-state index is 4.62. The molecule has 1 atom stereocenters. The van der Waals surface area contributed by atoms with Gasteiger partial charge in [0.25, 0.3) is 0 Å². The Hall–Kier alpha value is -2.83. The van der Waals surface area contributed by atoms with Crippen molar-refractivity contribution in [3.05, 3.63) is 53.9 Å². The molecule has 0 spiro atoms. The topological polar surface area (TPSA) is 73.3 Å². The van der Waals surface area contributed by atoms with Crippen LogP contribution >= 0.6 is 0 Å². The van der Waals surface area contributed by atoms with Gasteiger partial charge in [-0.05, 0) is 35.1 Å². The van der Waals surface area contributed by atoms with Crippen molar-refractivity contribution in [1.82, 2.24) is 34.4 Å². The third-order valence-electron chi connectivity index (χ3n) is 4.27. The van der Waals surface area contributed by atoms with Crippen molar-refractivity contribution in [1.29, 1.82) is 0 Å². The second kappa shape index (κ2) is 5.67. The molecule has 0 radical (unpaired) electrons. The quantitative estimate of drug-likeness (QED) is 0.578. The molecule has 1 unspecified atom stereocenters. The maximum Gasteiger partial charge on any atom is 0.176 e. The lowest BCUT2D eigenvalue weighted by Gasteiger charge is -2.08. The molecule has 0 aliphatic heterocycles. The molecule has 4 rings (SSSR count). The Bertz CT molecular complexity index is 998. The Morgan fingerprint density at radius 1 is 1.00 bits per heavy atom. The normalized spacial score (nSPS) is 13.2. The van der Waals surface area contributed by atoms with E-state index in [1.54, 1.807) is 15.3 Å². The van der Waals surface area contributed by atoms with E-state index in [0.717, 1.165) is 29.1 Å². The first-order chi connectivity index (χ1) is 11.6. The summed E-state index contributed by atoms with van der Waals surface area (Å²) in [6.07, 6.45) is 8.06. The number of hydrogen-bond acceptors (Lipinski definition) is 5. The van der Waals surface area contributed by atoms with Crippen LogP contribution < -0.4 is 0 Å². The van der Waals surface area contributed by atoms with E-state index in [0.29, 0.717) is 5.92 Å². The van der Waals surface area contributed by atoms with E-state index in [1.807, 2.05) is 18.6 Å². The lowest BCUT2D eigenvalue weighted by molar-refractivity contribution is 0.689. The largest absolute Gasteiger partial charge is 0.236 e. The summed E-state index contributed by atoms with van der Waals surface area (Å²) >= 11 is 0. The van der Waals surface area contributed by atoms with Crippen LogP contribution in [0.4, 0.5) is 0 Å². The first-order valence-corrected chi connectivity index (χ1v) is 8.11. The van der Waals surface area contributed by atoms with Crippen LogP contribution in [-0.4, -0.2) is 34.4 Å². The molecule has 0 N–H and O–H groups in total. The molecule has 4 heterocycles. The van der Waals surface area contributed by atoms with Crippen LogP contribution in [0, 0.1) is 0 Å². The summed E-state index contributed by atoms with van der Waals surface area (Å²) in [5.74, 6) is 1.47. The molecule has 0 bridgehead atoms. The van der Waals surface area contributed by atoms with E-state index in [9.17, 15) is 0 Å². The molecule has 0 fully saturated rings. The molecule has 0 aliphatic rings. The minimum atomic E-state index is 0.251. The predicted molar refractivity (Wildman–Crippen MR) is 90.0 cm³/mol. The van der Waals surface area contributed by atoms with Crippen LogP contribution in [0.1, 0.15) is 49.6 Å². The van der Waals surface area contributed by atoms with Gasteiger partial charge in [0, 0.05) is 18.8 Å². The Kier molecular flexibility index (Phi) is 3.48. The van der Waals surface area contributed by atoms with E-state index in [1.165, 1.54) is 5.56 Å². The second-order valence-electron chi connectivity index (χ2n) is 6.44. The number of aromatic nitrogens is 7. The molecular weight excluding hydrogens is 302 g/mol. The van der Waals surface area contributed by atoms with E-state index < -0.39 is 0 Å². The fourth-order valence-corrected chi connectivity index (χ4v) is 2.73. The predicted octanol–water partition coefficient (Wildman–Crippen LogP) is 2.64. The van der Waals surface area contributed by atoms with Gasteiger partial charge in [0.15, 0.2) is 17.1 Å². The summed E-state index contributed by atoms with van der Waals surface area (Å²) in [6.45, 7) is 6.44. The number of fused-ring (bicyclic) bond motifs is 2. The average Bonchev–Trinajstić information content (AvgIpc) is 3.18. The maximum absolute atomic E-state index is 4.62. The Labute approximate surface area is 139 Å². The van der Waals surface area contributed by atoms with Gasteiger partial charge in [0.05, 0.1) is 12.4 Å². The van der Waals surface area contributed by atoms with Crippen molar-refractivity contribution >= 4 is 11.3 Å². The molecule has 4 aromatic rings. The summed E-state index contributed by atoms with van der Waals surface area (Å²) < 4.78 is 3.36. The molecule has 4 aromatic heterocycles. The number of imidazole rings is 1. The van der Waals surface area contributed by atoms with Gasteiger partial charge in [0.1, 0.15) is 0 Å². The SMILES string of the molecule is CC(C)c1cnn2nc(CC(C)c3cnn4ccnc4c3)nc2c1. The summed E-state index contributed by atoms with van der Waals surface area (Å²) in [5, 5.41) is 13.2. The van der Waals surface area contributed by atoms with Crippen molar-refractivity contribution in [2.75, 3.05) is 0 Å². The van der Waals surface area contributed by atoms with Crippen LogP contribution in [0.5, 0.6) is 0 Å². The summed E-state index contributed by atoms with van der Waals surface area (Å²) in [5.41, 5.74) is 3.95. The van der Waals surface area contributed by atoms with Gasteiger partial charge in [-0.1, -0.05) is 20.8 Å². The number of rotatable bonds is 4. The van der Waals surface area contributed by atoms with Crippen molar-refractivity contribution in [2.24, 2.45) is 0 Å². The molecular formula is C17H19N7. The fraction of sp³-hybridized carbons (Fsp3) is 0.353. The molecule has 7 nitrogen and oxygen atoms in total. The van der Waals surface area contributed by atoms with Crippen molar-refractivity contribution in [3.63, 3.8) is 0 Å². The standard InChI is InChI=1S/C17H19N7/c1-11(2)13-7-17-21-15(22-24(17)20-9-13)6-12(3)14-8-16-18-4-5-23(16)19-10-14/h4-5,7-12H,6H2,1-3H3. The van der Waals surface area contributed by atoms with E-state index in [-0.39, 0.29) is 5.92 Å². The van der Waals surface area contributed by atoms with Crippen LogP contribution in [0.3, 0.4) is 0 Å². The van der Waals surface area contributed by atoms with Crippen molar-refractivity contribution < 1.29 is 0 Å². The zero-order chi connectivity index (χ0) is 16.7. The minimum absolute atomic E-state index is 0.251. The molecule has 0 saturated carbocycles. The highest BCUT2D eigenvalue weighted by Crippen LogP contribution is 2.20.